The molecule has 0 radical (unpaired) electrons. The molecule has 102 valence electrons. The molecule has 1 saturated carbocycles. The van der Waals surface area contributed by atoms with Crippen molar-refractivity contribution in [2.45, 2.75) is 37.5 Å². The predicted octanol–water partition coefficient (Wildman–Crippen LogP) is 2.93. The molecule has 2 fully saturated rings. The van der Waals surface area contributed by atoms with Crippen LogP contribution in [0.2, 0.25) is 0 Å². The average molecular weight is 263 g/mol. The third-order valence-electron chi connectivity index (χ3n) is 4.33. The summed E-state index contributed by atoms with van der Waals surface area (Å²) in [5.74, 6) is -1.17. The number of halogens is 1. The first-order valence-corrected chi connectivity index (χ1v) is 6.92. The lowest BCUT2D eigenvalue weighted by Crippen LogP contribution is -2.32. The summed E-state index contributed by atoms with van der Waals surface area (Å²) < 4.78 is 13.5. The standard InChI is InChI=1S/C15H18FNO2/c16-11-4-5-13(17-8-2-1-3-9-17)12(10-11)15(6-7-15)14(18)19/h4-5,10H,1-3,6-9H2,(H,18,19). The quantitative estimate of drug-likeness (QED) is 0.911. The van der Waals surface area contributed by atoms with E-state index in [1.54, 1.807) is 6.07 Å². The van der Waals surface area contributed by atoms with Crippen molar-refractivity contribution >= 4 is 11.7 Å². The molecule has 0 amide bonds. The predicted molar refractivity (Wildman–Crippen MR) is 71.0 cm³/mol. The van der Waals surface area contributed by atoms with Gasteiger partial charge in [-0.15, -0.1) is 0 Å². The summed E-state index contributed by atoms with van der Waals surface area (Å²) in [7, 11) is 0. The highest BCUT2D eigenvalue weighted by Crippen LogP contribution is 2.51. The fourth-order valence-electron chi connectivity index (χ4n) is 3.03. The van der Waals surface area contributed by atoms with Gasteiger partial charge in [-0.05, 0) is 55.9 Å². The van der Waals surface area contributed by atoms with E-state index in [4.69, 9.17) is 0 Å². The molecule has 1 aliphatic heterocycles. The van der Waals surface area contributed by atoms with Crippen LogP contribution in [0.4, 0.5) is 10.1 Å². The minimum Gasteiger partial charge on any atom is -0.481 e. The number of carboxylic acid groups (broad SMARTS) is 1. The van der Waals surface area contributed by atoms with Crippen LogP contribution in [-0.2, 0) is 10.2 Å². The molecule has 1 N–H and O–H groups in total. The molecule has 1 aromatic carbocycles. The van der Waals surface area contributed by atoms with Crippen molar-refractivity contribution in [3.05, 3.63) is 29.6 Å². The van der Waals surface area contributed by atoms with Gasteiger partial charge >= 0.3 is 5.97 Å². The molecule has 1 aromatic rings. The highest BCUT2D eigenvalue weighted by molar-refractivity contribution is 5.87. The number of hydrogen-bond acceptors (Lipinski definition) is 2. The zero-order chi connectivity index (χ0) is 13.5. The maximum absolute atomic E-state index is 13.5. The van der Waals surface area contributed by atoms with Crippen molar-refractivity contribution < 1.29 is 14.3 Å². The highest BCUT2D eigenvalue weighted by Gasteiger charge is 2.53. The van der Waals surface area contributed by atoms with E-state index < -0.39 is 11.4 Å². The molecule has 4 heteroatoms. The molecule has 3 nitrogen and oxygen atoms in total. The van der Waals surface area contributed by atoms with E-state index in [9.17, 15) is 14.3 Å². The number of aliphatic carboxylic acids is 1. The number of anilines is 1. The third kappa shape index (κ3) is 2.09. The molecule has 0 spiro atoms. The van der Waals surface area contributed by atoms with Crippen molar-refractivity contribution in [2.75, 3.05) is 18.0 Å². The zero-order valence-electron chi connectivity index (χ0n) is 10.9. The maximum atomic E-state index is 13.5. The molecule has 19 heavy (non-hydrogen) atoms. The van der Waals surface area contributed by atoms with Gasteiger partial charge in [0, 0.05) is 18.8 Å². The van der Waals surface area contributed by atoms with Crippen molar-refractivity contribution in [1.29, 1.82) is 0 Å². The number of carboxylic acids is 1. The van der Waals surface area contributed by atoms with Gasteiger partial charge in [0.15, 0.2) is 0 Å². The van der Waals surface area contributed by atoms with E-state index in [-0.39, 0.29) is 5.82 Å². The van der Waals surface area contributed by atoms with Crippen LogP contribution in [0.5, 0.6) is 0 Å². The molecule has 0 bridgehead atoms. The smallest absolute Gasteiger partial charge is 0.314 e. The van der Waals surface area contributed by atoms with Crippen molar-refractivity contribution in [3.8, 4) is 0 Å². The van der Waals surface area contributed by atoms with Gasteiger partial charge in [0.25, 0.3) is 0 Å². The normalized spacial score (nSPS) is 21.2. The molecule has 1 heterocycles. The van der Waals surface area contributed by atoms with Gasteiger partial charge < -0.3 is 10.0 Å². The van der Waals surface area contributed by atoms with Gasteiger partial charge in [-0.2, -0.15) is 0 Å². The summed E-state index contributed by atoms with van der Waals surface area (Å²) >= 11 is 0. The van der Waals surface area contributed by atoms with Crippen LogP contribution in [0, 0.1) is 5.82 Å². The van der Waals surface area contributed by atoms with Crippen LogP contribution in [-0.4, -0.2) is 24.2 Å². The van der Waals surface area contributed by atoms with Crippen molar-refractivity contribution in [3.63, 3.8) is 0 Å². The van der Waals surface area contributed by atoms with Gasteiger partial charge in [-0.3, -0.25) is 4.79 Å². The third-order valence-corrected chi connectivity index (χ3v) is 4.33. The van der Waals surface area contributed by atoms with E-state index in [0.717, 1.165) is 31.6 Å². The Morgan fingerprint density at radius 1 is 1.21 bits per heavy atom. The van der Waals surface area contributed by atoms with Gasteiger partial charge in [0.05, 0.1) is 5.41 Å². The number of hydrogen-bond donors (Lipinski definition) is 1. The fraction of sp³-hybridized carbons (Fsp3) is 0.533. The van der Waals surface area contributed by atoms with Crippen molar-refractivity contribution in [1.82, 2.24) is 0 Å². The van der Waals surface area contributed by atoms with E-state index in [0.29, 0.717) is 18.4 Å². The number of rotatable bonds is 3. The summed E-state index contributed by atoms with van der Waals surface area (Å²) in [5.41, 5.74) is 0.748. The lowest BCUT2D eigenvalue weighted by molar-refractivity contribution is -0.140. The minimum atomic E-state index is -0.838. The molecular weight excluding hydrogens is 245 g/mol. The monoisotopic (exact) mass is 263 g/mol. The van der Waals surface area contributed by atoms with Crippen LogP contribution < -0.4 is 4.90 Å². The van der Waals surface area contributed by atoms with Crippen molar-refractivity contribution in [2.24, 2.45) is 0 Å². The minimum absolute atomic E-state index is 0.344. The topological polar surface area (TPSA) is 40.5 Å². The Hall–Kier alpha value is -1.58. The molecular formula is C15H18FNO2. The summed E-state index contributed by atoms with van der Waals surface area (Å²) in [5, 5.41) is 9.43. The van der Waals surface area contributed by atoms with E-state index in [2.05, 4.69) is 4.90 Å². The summed E-state index contributed by atoms with van der Waals surface area (Å²) in [6.07, 6.45) is 4.70. The lowest BCUT2D eigenvalue weighted by atomic mass is 9.93. The van der Waals surface area contributed by atoms with Gasteiger partial charge in [-0.25, -0.2) is 4.39 Å². The van der Waals surface area contributed by atoms with Crippen LogP contribution in [0.3, 0.4) is 0 Å². The second-order valence-corrected chi connectivity index (χ2v) is 5.60. The molecule has 0 aromatic heterocycles. The van der Waals surface area contributed by atoms with E-state index in [1.807, 2.05) is 0 Å². The van der Waals surface area contributed by atoms with Crippen LogP contribution >= 0.6 is 0 Å². The lowest BCUT2D eigenvalue weighted by Gasteiger charge is -2.32. The maximum Gasteiger partial charge on any atom is 0.314 e. The van der Waals surface area contributed by atoms with Crippen LogP contribution in [0.1, 0.15) is 37.7 Å². The number of carbonyl (C=O) groups is 1. The van der Waals surface area contributed by atoms with Crippen LogP contribution in [0.25, 0.3) is 0 Å². The second kappa shape index (κ2) is 4.51. The highest BCUT2D eigenvalue weighted by atomic mass is 19.1. The molecule has 0 atom stereocenters. The first kappa shape index (κ1) is 12.5. The summed E-state index contributed by atoms with van der Waals surface area (Å²) in [4.78, 5) is 13.7. The Kier molecular flexibility index (Phi) is 2.96. The second-order valence-electron chi connectivity index (χ2n) is 5.60. The molecule has 3 rings (SSSR count). The first-order chi connectivity index (χ1) is 9.13. The summed E-state index contributed by atoms with van der Waals surface area (Å²) in [6, 6.07) is 4.61. The molecule has 2 aliphatic rings. The number of nitrogens with zero attached hydrogens (tertiary/aromatic N) is 1. The van der Waals surface area contributed by atoms with E-state index in [1.165, 1.54) is 18.6 Å². The Morgan fingerprint density at radius 3 is 2.47 bits per heavy atom. The average Bonchev–Trinajstić information content (AvgIpc) is 3.21. The Bertz CT molecular complexity index is 505. The van der Waals surface area contributed by atoms with Crippen LogP contribution in [0.15, 0.2) is 18.2 Å². The summed E-state index contributed by atoms with van der Waals surface area (Å²) in [6.45, 7) is 1.88. The fourth-order valence-corrected chi connectivity index (χ4v) is 3.03. The molecule has 1 aliphatic carbocycles. The first-order valence-electron chi connectivity index (χ1n) is 6.92. The van der Waals surface area contributed by atoms with Gasteiger partial charge in [0.2, 0.25) is 0 Å². The zero-order valence-corrected chi connectivity index (χ0v) is 10.9. The SMILES string of the molecule is O=C(O)C1(c2cc(F)ccc2N2CCCCC2)CC1. The van der Waals surface area contributed by atoms with Gasteiger partial charge in [-0.1, -0.05) is 0 Å². The van der Waals surface area contributed by atoms with Gasteiger partial charge in [0.1, 0.15) is 5.82 Å². The largest absolute Gasteiger partial charge is 0.481 e. The molecule has 0 unspecified atom stereocenters. The number of benzene rings is 1. The Morgan fingerprint density at radius 2 is 1.89 bits per heavy atom. The Labute approximate surface area is 112 Å². The Balaban J connectivity index is 2.02. The number of piperidine rings is 1. The molecule has 1 saturated heterocycles. The van der Waals surface area contributed by atoms with E-state index >= 15 is 0 Å².